The molecule has 2 aliphatic heterocycles. The number of esters is 1. The Labute approximate surface area is 80.9 Å². The zero-order chi connectivity index (χ0) is 9.71. The van der Waals surface area contributed by atoms with E-state index >= 15 is 0 Å². The van der Waals surface area contributed by atoms with Crippen molar-refractivity contribution in [1.82, 2.24) is 0 Å². The maximum absolute atomic E-state index is 11.6. The summed E-state index contributed by atoms with van der Waals surface area (Å²) in [4.78, 5) is 22.6. The second-order valence-corrected chi connectivity index (χ2v) is 3.88. The fraction of sp³-hybridized carbons (Fsp3) is 0.600. The molecule has 0 radical (unpaired) electrons. The van der Waals surface area contributed by atoms with Gasteiger partial charge in [-0.2, -0.15) is 0 Å². The van der Waals surface area contributed by atoms with E-state index in [0.29, 0.717) is 12.0 Å². The molecule has 0 aromatic rings. The van der Waals surface area contributed by atoms with Crippen LogP contribution in [0.2, 0.25) is 0 Å². The van der Waals surface area contributed by atoms with Gasteiger partial charge < -0.3 is 9.47 Å². The Morgan fingerprint density at radius 3 is 2.86 bits per heavy atom. The standard InChI is InChI=1S/C10H10O4/c11-5-2-1-3-6-9(5)10-7(13-6)4-8(12)14-10/h7,10H,1-4H2/t7-,10+/m0/s1. The van der Waals surface area contributed by atoms with Gasteiger partial charge in [-0.3, -0.25) is 9.59 Å². The van der Waals surface area contributed by atoms with E-state index in [1.165, 1.54) is 0 Å². The molecule has 1 saturated heterocycles. The molecule has 1 aliphatic carbocycles. The fourth-order valence-corrected chi connectivity index (χ4v) is 2.34. The molecule has 0 aromatic carbocycles. The topological polar surface area (TPSA) is 52.6 Å². The predicted octanol–water partition coefficient (Wildman–Crippen LogP) is 0.708. The van der Waals surface area contributed by atoms with Crippen LogP contribution in [0.25, 0.3) is 0 Å². The second-order valence-electron chi connectivity index (χ2n) is 3.88. The van der Waals surface area contributed by atoms with E-state index in [1.54, 1.807) is 0 Å². The molecular formula is C10H10O4. The van der Waals surface area contributed by atoms with Crippen LogP contribution in [0.3, 0.4) is 0 Å². The van der Waals surface area contributed by atoms with Crippen LogP contribution in [0, 0.1) is 0 Å². The summed E-state index contributed by atoms with van der Waals surface area (Å²) < 4.78 is 10.6. The van der Waals surface area contributed by atoms with E-state index in [9.17, 15) is 9.59 Å². The van der Waals surface area contributed by atoms with Crippen molar-refractivity contribution in [3.8, 4) is 0 Å². The molecule has 2 atom stereocenters. The summed E-state index contributed by atoms with van der Waals surface area (Å²) in [6.07, 6.45) is 1.88. The molecule has 0 unspecified atom stereocenters. The van der Waals surface area contributed by atoms with Gasteiger partial charge >= 0.3 is 5.97 Å². The molecule has 2 heterocycles. The van der Waals surface area contributed by atoms with Crippen LogP contribution in [0.15, 0.2) is 11.3 Å². The van der Waals surface area contributed by atoms with Crippen LogP contribution in [-0.4, -0.2) is 24.0 Å². The van der Waals surface area contributed by atoms with E-state index < -0.39 is 6.10 Å². The SMILES string of the molecule is O=C1C[C@@H]2OC3=C(C(=O)CCC3)[C@@H]2O1. The first kappa shape index (κ1) is 8.03. The Balaban J connectivity index is 1.98. The molecule has 0 saturated carbocycles. The third-order valence-corrected chi connectivity index (χ3v) is 2.95. The van der Waals surface area contributed by atoms with Crippen molar-refractivity contribution < 1.29 is 19.1 Å². The van der Waals surface area contributed by atoms with Crippen molar-refractivity contribution in [2.24, 2.45) is 0 Å². The minimum Gasteiger partial charge on any atom is -0.489 e. The maximum Gasteiger partial charge on any atom is 0.310 e. The Morgan fingerprint density at radius 1 is 1.14 bits per heavy atom. The van der Waals surface area contributed by atoms with Crippen molar-refractivity contribution in [3.63, 3.8) is 0 Å². The number of hydrogen-bond donors (Lipinski definition) is 0. The lowest BCUT2D eigenvalue weighted by Gasteiger charge is -2.13. The summed E-state index contributed by atoms with van der Waals surface area (Å²) in [7, 11) is 0. The van der Waals surface area contributed by atoms with Gasteiger partial charge in [0.2, 0.25) is 0 Å². The van der Waals surface area contributed by atoms with E-state index in [4.69, 9.17) is 9.47 Å². The van der Waals surface area contributed by atoms with Gasteiger partial charge in [0.05, 0.1) is 12.0 Å². The molecule has 0 spiro atoms. The van der Waals surface area contributed by atoms with Crippen molar-refractivity contribution in [2.75, 3.05) is 0 Å². The summed E-state index contributed by atoms with van der Waals surface area (Å²) in [6.45, 7) is 0. The van der Waals surface area contributed by atoms with Gasteiger partial charge in [0.25, 0.3) is 0 Å². The van der Waals surface area contributed by atoms with Gasteiger partial charge in [-0.25, -0.2) is 0 Å². The Morgan fingerprint density at radius 2 is 2.00 bits per heavy atom. The quantitative estimate of drug-likeness (QED) is 0.533. The van der Waals surface area contributed by atoms with Crippen molar-refractivity contribution in [2.45, 2.75) is 37.9 Å². The van der Waals surface area contributed by atoms with E-state index in [1.807, 2.05) is 0 Å². The molecule has 0 amide bonds. The third kappa shape index (κ3) is 0.937. The van der Waals surface area contributed by atoms with Gasteiger partial charge in [-0.05, 0) is 6.42 Å². The Hall–Kier alpha value is -1.32. The van der Waals surface area contributed by atoms with Crippen molar-refractivity contribution >= 4 is 11.8 Å². The van der Waals surface area contributed by atoms with Gasteiger partial charge in [0.1, 0.15) is 11.9 Å². The molecule has 0 bridgehead atoms. The summed E-state index contributed by atoms with van der Waals surface area (Å²) in [5, 5.41) is 0. The van der Waals surface area contributed by atoms with E-state index in [0.717, 1.165) is 18.6 Å². The minimum absolute atomic E-state index is 0.0912. The number of hydrogen-bond acceptors (Lipinski definition) is 4. The van der Waals surface area contributed by atoms with E-state index in [-0.39, 0.29) is 24.3 Å². The number of fused-ring (bicyclic) bond motifs is 2. The molecule has 1 fully saturated rings. The monoisotopic (exact) mass is 194 g/mol. The van der Waals surface area contributed by atoms with Gasteiger partial charge in [0.15, 0.2) is 11.9 Å². The van der Waals surface area contributed by atoms with Crippen LogP contribution in [0.1, 0.15) is 25.7 Å². The third-order valence-electron chi connectivity index (χ3n) is 2.95. The number of carbonyl (C=O) groups is 2. The highest BCUT2D eigenvalue weighted by Gasteiger charge is 2.48. The summed E-state index contributed by atoms with van der Waals surface area (Å²) in [5.74, 6) is 0.599. The van der Waals surface area contributed by atoms with Crippen molar-refractivity contribution in [1.29, 1.82) is 0 Å². The molecule has 3 rings (SSSR count). The number of ketones is 1. The number of Topliss-reactive ketones (excluding diaryl/α,β-unsaturated/α-hetero) is 1. The predicted molar refractivity (Wildman–Crippen MR) is 45.3 cm³/mol. The fourth-order valence-electron chi connectivity index (χ4n) is 2.34. The Bertz CT molecular complexity index is 355. The molecular weight excluding hydrogens is 184 g/mol. The Kier molecular flexibility index (Phi) is 1.48. The molecule has 14 heavy (non-hydrogen) atoms. The summed E-state index contributed by atoms with van der Waals surface area (Å²) in [5.41, 5.74) is 0.632. The molecule has 0 aromatic heterocycles. The highest BCUT2D eigenvalue weighted by atomic mass is 16.6. The van der Waals surface area contributed by atoms with Crippen LogP contribution in [0.4, 0.5) is 0 Å². The van der Waals surface area contributed by atoms with Crippen LogP contribution in [0.5, 0.6) is 0 Å². The van der Waals surface area contributed by atoms with Crippen LogP contribution in [-0.2, 0) is 19.1 Å². The lowest BCUT2D eigenvalue weighted by atomic mass is 9.93. The molecule has 3 aliphatic rings. The first-order valence-corrected chi connectivity index (χ1v) is 4.88. The number of carbonyl (C=O) groups excluding carboxylic acids is 2. The first-order chi connectivity index (χ1) is 6.75. The average Bonchev–Trinajstić information content (AvgIpc) is 2.60. The maximum atomic E-state index is 11.6. The van der Waals surface area contributed by atoms with Crippen LogP contribution < -0.4 is 0 Å². The largest absolute Gasteiger partial charge is 0.489 e. The number of ether oxygens (including phenoxy) is 2. The van der Waals surface area contributed by atoms with Crippen molar-refractivity contribution in [3.05, 3.63) is 11.3 Å². The molecule has 4 nitrogen and oxygen atoms in total. The zero-order valence-corrected chi connectivity index (χ0v) is 7.62. The molecule has 4 heteroatoms. The smallest absolute Gasteiger partial charge is 0.310 e. The summed E-state index contributed by atoms with van der Waals surface area (Å²) >= 11 is 0. The lowest BCUT2D eigenvalue weighted by molar-refractivity contribution is -0.140. The molecule has 74 valence electrons. The van der Waals surface area contributed by atoms with Gasteiger partial charge in [0, 0.05) is 12.8 Å². The zero-order valence-electron chi connectivity index (χ0n) is 7.62. The molecule has 0 N–H and O–H groups in total. The van der Waals surface area contributed by atoms with Gasteiger partial charge in [-0.1, -0.05) is 0 Å². The number of rotatable bonds is 0. The lowest BCUT2D eigenvalue weighted by Crippen LogP contribution is -2.23. The van der Waals surface area contributed by atoms with E-state index in [2.05, 4.69) is 0 Å². The first-order valence-electron chi connectivity index (χ1n) is 4.88. The van der Waals surface area contributed by atoms with Crippen LogP contribution >= 0.6 is 0 Å². The highest BCUT2D eigenvalue weighted by Crippen LogP contribution is 2.40. The highest BCUT2D eigenvalue weighted by molar-refractivity contribution is 5.99. The number of allylic oxidation sites excluding steroid dienone is 1. The van der Waals surface area contributed by atoms with Gasteiger partial charge in [-0.15, -0.1) is 0 Å². The average molecular weight is 194 g/mol. The summed E-state index contributed by atoms with van der Waals surface area (Å²) in [6, 6.07) is 0. The minimum atomic E-state index is -0.398. The normalized spacial score (nSPS) is 35.1. The second kappa shape index (κ2) is 2.59.